The third-order valence-corrected chi connectivity index (χ3v) is 12.0. The Hall–Kier alpha value is -7.88. The van der Waals surface area contributed by atoms with E-state index in [1.165, 1.54) is 43.5 Å². The summed E-state index contributed by atoms with van der Waals surface area (Å²) in [6.07, 6.45) is 0. The van der Waals surface area contributed by atoms with Gasteiger partial charge in [-0.1, -0.05) is 158 Å². The molecule has 3 heteroatoms. The molecular formula is C56H36N2O. The van der Waals surface area contributed by atoms with Gasteiger partial charge in [0.2, 0.25) is 0 Å². The first-order valence-corrected chi connectivity index (χ1v) is 20.2. The minimum absolute atomic E-state index is 0.876. The summed E-state index contributed by atoms with van der Waals surface area (Å²) in [4.78, 5) is 2.43. The average Bonchev–Trinajstić information content (AvgIpc) is 3.86. The van der Waals surface area contributed by atoms with E-state index in [1.807, 2.05) is 0 Å². The van der Waals surface area contributed by atoms with E-state index < -0.39 is 0 Å². The first kappa shape index (κ1) is 33.3. The Balaban J connectivity index is 1.11. The molecule has 0 N–H and O–H groups in total. The minimum atomic E-state index is 0.876. The third-order valence-electron chi connectivity index (χ3n) is 12.0. The second kappa shape index (κ2) is 13.4. The fourth-order valence-corrected chi connectivity index (χ4v) is 9.36. The monoisotopic (exact) mass is 752 g/mol. The molecule has 59 heavy (non-hydrogen) atoms. The molecule has 12 aromatic rings. The second-order valence-electron chi connectivity index (χ2n) is 15.3. The summed E-state index contributed by atoms with van der Waals surface area (Å²) in [6.45, 7) is 0. The number of anilines is 3. The maximum Gasteiger partial charge on any atom is 0.143 e. The number of fused-ring (bicyclic) bond motifs is 9. The smallest absolute Gasteiger partial charge is 0.143 e. The topological polar surface area (TPSA) is 21.3 Å². The number of nitrogens with zero attached hydrogens (tertiary/aromatic N) is 2. The van der Waals surface area contributed by atoms with E-state index >= 15 is 0 Å². The van der Waals surface area contributed by atoms with Crippen LogP contribution in [0.4, 0.5) is 17.1 Å². The van der Waals surface area contributed by atoms with Gasteiger partial charge in [0.15, 0.2) is 0 Å². The van der Waals surface area contributed by atoms with Gasteiger partial charge in [0.25, 0.3) is 0 Å². The van der Waals surface area contributed by atoms with Gasteiger partial charge >= 0.3 is 0 Å². The number of hydrogen-bond donors (Lipinski definition) is 0. The molecule has 0 bridgehead atoms. The van der Waals surface area contributed by atoms with Crippen molar-refractivity contribution in [2.75, 3.05) is 4.90 Å². The first-order chi connectivity index (χ1) is 29.3. The molecule has 0 aliphatic rings. The Morgan fingerprint density at radius 2 is 0.949 bits per heavy atom. The molecule has 3 nitrogen and oxygen atoms in total. The Morgan fingerprint density at radius 1 is 0.373 bits per heavy atom. The van der Waals surface area contributed by atoms with E-state index in [2.05, 4.69) is 228 Å². The molecule has 0 amide bonds. The lowest BCUT2D eigenvalue weighted by atomic mass is 9.95. The molecule has 0 aliphatic carbocycles. The zero-order chi connectivity index (χ0) is 38.9. The summed E-state index contributed by atoms with van der Waals surface area (Å²) < 4.78 is 9.10. The molecule has 0 saturated heterocycles. The van der Waals surface area contributed by atoms with Crippen LogP contribution in [0, 0.1) is 0 Å². The van der Waals surface area contributed by atoms with Crippen molar-refractivity contribution < 1.29 is 4.42 Å². The number of furan rings is 1. The number of hydrogen-bond acceptors (Lipinski definition) is 2. The van der Waals surface area contributed by atoms with Crippen molar-refractivity contribution in [2.24, 2.45) is 0 Å². The molecule has 12 rings (SSSR count). The molecule has 2 aromatic heterocycles. The highest BCUT2D eigenvalue weighted by Crippen LogP contribution is 2.47. The van der Waals surface area contributed by atoms with Crippen molar-refractivity contribution in [2.45, 2.75) is 0 Å². The van der Waals surface area contributed by atoms with E-state index in [1.54, 1.807) is 0 Å². The lowest BCUT2D eigenvalue weighted by Crippen LogP contribution is -2.12. The maximum atomic E-state index is 6.71. The molecular weight excluding hydrogens is 717 g/mol. The molecule has 2 heterocycles. The highest BCUT2D eigenvalue weighted by Gasteiger charge is 2.22. The Bertz CT molecular complexity index is 3530. The number of rotatable bonds is 6. The Kier molecular flexibility index (Phi) is 7.54. The van der Waals surface area contributed by atoms with Crippen LogP contribution in [-0.4, -0.2) is 4.57 Å². The van der Waals surface area contributed by atoms with E-state index in [9.17, 15) is 0 Å². The number of para-hydroxylation sites is 3. The standard InChI is InChI=1S/C56H36N2O/c1-3-22-43-37(15-1)17-12-27-44(43)39-18-11-19-40(35-39)57(41-20-13-21-42(36-41)58-52-30-9-5-24-46(52)47-25-6-10-31-53(47)58)51-29-8-7-26-48(51)49-28-14-32-54-55(49)50-34-33-38-16-2-4-23-45(38)56(50)59-54/h1-36H. The number of aromatic nitrogens is 1. The molecule has 0 aliphatic heterocycles. The molecule has 0 spiro atoms. The fraction of sp³-hybridized carbons (Fsp3) is 0. The predicted molar refractivity (Wildman–Crippen MR) is 249 cm³/mol. The van der Waals surface area contributed by atoms with Gasteiger partial charge in [0.1, 0.15) is 11.2 Å². The largest absolute Gasteiger partial charge is 0.455 e. The van der Waals surface area contributed by atoms with E-state index in [4.69, 9.17) is 4.42 Å². The maximum absolute atomic E-state index is 6.71. The summed E-state index contributed by atoms with van der Waals surface area (Å²) in [5, 5.41) is 9.46. The van der Waals surface area contributed by atoms with Crippen molar-refractivity contribution in [3.63, 3.8) is 0 Å². The molecule has 0 saturated carbocycles. The van der Waals surface area contributed by atoms with Gasteiger partial charge in [-0.05, 0) is 93.5 Å². The van der Waals surface area contributed by atoms with Crippen LogP contribution >= 0.6 is 0 Å². The van der Waals surface area contributed by atoms with Gasteiger partial charge in [0, 0.05) is 49.6 Å². The van der Waals surface area contributed by atoms with Crippen LogP contribution in [0.15, 0.2) is 223 Å². The molecule has 0 atom stereocenters. The quantitative estimate of drug-likeness (QED) is 0.169. The third kappa shape index (κ3) is 5.29. The summed E-state index contributed by atoms with van der Waals surface area (Å²) in [7, 11) is 0. The molecule has 10 aromatic carbocycles. The molecule has 0 radical (unpaired) electrons. The lowest BCUT2D eigenvalue weighted by molar-refractivity contribution is 0.673. The van der Waals surface area contributed by atoms with Crippen LogP contribution in [0.3, 0.4) is 0 Å². The van der Waals surface area contributed by atoms with Crippen molar-refractivity contribution in [1.82, 2.24) is 4.57 Å². The predicted octanol–water partition coefficient (Wildman–Crippen LogP) is 15.8. The number of benzene rings is 10. The average molecular weight is 753 g/mol. The van der Waals surface area contributed by atoms with Crippen LogP contribution in [0.5, 0.6) is 0 Å². The zero-order valence-corrected chi connectivity index (χ0v) is 32.1. The Labute approximate surface area is 341 Å². The molecule has 0 fully saturated rings. The highest BCUT2D eigenvalue weighted by molar-refractivity contribution is 6.20. The summed E-state index contributed by atoms with van der Waals surface area (Å²) in [5.41, 5.74) is 13.1. The van der Waals surface area contributed by atoms with Crippen molar-refractivity contribution in [3.8, 4) is 27.9 Å². The van der Waals surface area contributed by atoms with Crippen LogP contribution in [0.25, 0.3) is 93.2 Å². The van der Waals surface area contributed by atoms with E-state index in [0.717, 1.165) is 66.8 Å². The van der Waals surface area contributed by atoms with Gasteiger partial charge in [-0.25, -0.2) is 0 Å². The SMILES string of the molecule is c1cc(-c2cccc3ccccc23)cc(N(c2cccc(-n3c4ccccc4c4ccccc43)c2)c2ccccc2-c2cccc3oc4c5ccccc5ccc4c23)c1. The van der Waals surface area contributed by atoms with Gasteiger partial charge in [-0.15, -0.1) is 0 Å². The van der Waals surface area contributed by atoms with E-state index in [0.29, 0.717) is 0 Å². The van der Waals surface area contributed by atoms with Crippen molar-refractivity contribution in [1.29, 1.82) is 0 Å². The Morgan fingerprint density at radius 3 is 1.76 bits per heavy atom. The second-order valence-corrected chi connectivity index (χ2v) is 15.3. The van der Waals surface area contributed by atoms with Gasteiger partial charge in [-0.3, -0.25) is 0 Å². The minimum Gasteiger partial charge on any atom is -0.455 e. The van der Waals surface area contributed by atoms with Crippen LogP contribution in [-0.2, 0) is 0 Å². The van der Waals surface area contributed by atoms with Gasteiger partial charge in [0.05, 0.1) is 16.7 Å². The van der Waals surface area contributed by atoms with Crippen LogP contribution in [0.2, 0.25) is 0 Å². The van der Waals surface area contributed by atoms with Crippen LogP contribution in [0.1, 0.15) is 0 Å². The summed E-state index contributed by atoms with van der Waals surface area (Å²) >= 11 is 0. The summed E-state index contributed by atoms with van der Waals surface area (Å²) in [6, 6.07) is 78.8. The molecule has 0 unspecified atom stereocenters. The van der Waals surface area contributed by atoms with Crippen molar-refractivity contribution >= 4 is 82.4 Å². The van der Waals surface area contributed by atoms with E-state index in [-0.39, 0.29) is 0 Å². The van der Waals surface area contributed by atoms with Gasteiger partial charge < -0.3 is 13.9 Å². The molecule has 276 valence electrons. The van der Waals surface area contributed by atoms with Crippen molar-refractivity contribution in [3.05, 3.63) is 218 Å². The zero-order valence-electron chi connectivity index (χ0n) is 32.1. The fourth-order valence-electron chi connectivity index (χ4n) is 9.36. The van der Waals surface area contributed by atoms with Gasteiger partial charge in [-0.2, -0.15) is 0 Å². The lowest BCUT2D eigenvalue weighted by Gasteiger charge is -2.29. The first-order valence-electron chi connectivity index (χ1n) is 20.2. The summed E-state index contributed by atoms with van der Waals surface area (Å²) in [5.74, 6) is 0. The highest BCUT2D eigenvalue weighted by atomic mass is 16.3. The normalized spacial score (nSPS) is 11.7. The van der Waals surface area contributed by atoms with Crippen LogP contribution < -0.4 is 4.90 Å².